The molecule has 3 nitrogen and oxygen atoms in total. The molecule has 0 bridgehead atoms. The third kappa shape index (κ3) is 2.87. The van der Waals surface area contributed by atoms with Crippen molar-refractivity contribution in [3.05, 3.63) is 64.4 Å². The molecular formula is C19H17ClFNO2. The van der Waals surface area contributed by atoms with Crippen LogP contribution in [0, 0.1) is 5.82 Å². The molecule has 0 radical (unpaired) electrons. The van der Waals surface area contributed by atoms with Gasteiger partial charge in [0.2, 0.25) is 0 Å². The van der Waals surface area contributed by atoms with Crippen molar-refractivity contribution in [1.82, 2.24) is 5.32 Å². The van der Waals surface area contributed by atoms with Gasteiger partial charge in [-0.05, 0) is 36.7 Å². The topological polar surface area (TPSA) is 30.5 Å². The minimum Gasteiger partial charge on any atom is -0.485 e. The Labute approximate surface area is 145 Å². The lowest BCUT2D eigenvalue weighted by Gasteiger charge is -2.29. The maximum atomic E-state index is 14.2. The van der Waals surface area contributed by atoms with Gasteiger partial charge in [-0.25, -0.2) is 4.39 Å². The summed E-state index contributed by atoms with van der Waals surface area (Å²) >= 11 is 5.84. The zero-order valence-corrected chi connectivity index (χ0v) is 13.8. The van der Waals surface area contributed by atoms with Crippen molar-refractivity contribution in [2.24, 2.45) is 0 Å². The third-order valence-electron chi connectivity index (χ3n) is 4.35. The van der Waals surface area contributed by atoms with Crippen LogP contribution < -0.4 is 14.8 Å². The van der Waals surface area contributed by atoms with E-state index >= 15 is 0 Å². The Morgan fingerprint density at radius 1 is 1.21 bits per heavy atom. The summed E-state index contributed by atoms with van der Waals surface area (Å²) in [6, 6.07) is 10.5. The van der Waals surface area contributed by atoms with Crippen LogP contribution in [0.25, 0.3) is 5.57 Å². The molecule has 0 fully saturated rings. The molecule has 0 spiro atoms. The molecule has 24 heavy (non-hydrogen) atoms. The van der Waals surface area contributed by atoms with Gasteiger partial charge in [0, 0.05) is 22.7 Å². The number of fused-ring (bicyclic) bond motifs is 1. The fourth-order valence-corrected chi connectivity index (χ4v) is 3.29. The molecule has 0 amide bonds. The van der Waals surface area contributed by atoms with Crippen LogP contribution in [-0.2, 0) is 0 Å². The number of rotatable bonds is 2. The van der Waals surface area contributed by atoms with Crippen LogP contribution in [0.4, 0.5) is 4.39 Å². The van der Waals surface area contributed by atoms with Gasteiger partial charge in [0.05, 0.1) is 0 Å². The van der Waals surface area contributed by atoms with Crippen molar-refractivity contribution >= 4 is 17.2 Å². The minimum atomic E-state index is -0.488. The highest BCUT2D eigenvalue weighted by Gasteiger charge is 2.28. The summed E-state index contributed by atoms with van der Waals surface area (Å²) < 4.78 is 26.2. The average molecular weight is 346 g/mol. The largest absolute Gasteiger partial charge is 0.485 e. The van der Waals surface area contributed by atoms with Gasteiger partial charge < -0.3 is 14.8 Å². The summed E-state index contributed by atoms with van der Waals surface area (Å²) in [7, 11) is 0. The van der Waals surface area contributed by atoms with Crippen LogP contribution in [0.15, 0.2) is 42.5 Å². The van der Waals surface area contributed by atoms with Crippen LogP contribution in [0.3, 0.4) is 0 Å². The first-order valence-electron chi connectivity index (χ1n) is 8.00. The lowest BCUT2D eigenvalue weighted by atomic mass is 9.98. The molecular weight excluding hydrogens is 329 g/mol. The zero-order valence-electron chi connectivity index (χ0n) is 13.0. The van der Waals surface area contributed by atoms with Crippen LogP contribution in [0.2, 0.25) is 5.02 Å². The molecule has 2 heterocycles. The van der Waals surface area contributed by atoms with Gasteiger partial charge in [-0.15, -0.1) is 0 Å². The van der Waals surface area contributed by atoms with E-state index in [0.717, 1.165) is 25.1 Å². The number of benzene rings is 2. The second-order valence-electron chi connectivity index (χ2n) is 5.90. The van der Waals surface area contributed by atoms with Crippen molar-refractivity contribution in [2.45, 2.75) is 12.5 Å². The van der Waals surface area contributed by atoms with Gasteiger partial charge in [-0.2, -0.15) is 0 Å². The van der Waals surface area contributed by atoms with E-state index in [4.69, 9.17) is 21.1 Å². The molecule has 1 unspecified atom stereocenters. The number of hydrogen-bond donors (Lipinski definition) is 1. The molecule has 1 N–H and O–H groups in total. The van der Waals surface area contributed by atoms with E-state index < -0.39 is 6.10 Å². The maximum absolute atomic E-state index is 14.2. The first kappa shape index (κ1) is 15.5. The molecule has 2 aliphatic rings. The van der Waals surface area contributed by atoms with E-state index in [1.807, 2.05) is 18.2 Å². The highest BCUT2D eigenvalue weighted by molar-refractivity contribution is 6.30. The lowest BCUT2D eigenvalue weighted by molar-refractivity contribution is 0.0882. The number of nitrogens with one attached hydrogen (secondary N) is 1. The van der Waals surface area contributed by atoms with Crippen molar-refractivity contribution in [1.29, 1.82) is 0 Å². The van der Waals surface area contributed by atoms with E-state index in [-0.39, 0.29) is 12.4 Å². The predicted octanol–water partition coefficient (Wildman–Crippen LogP) is 4.37. The second-order valence-corrected chi connectivity index (χ2v) is 6.34. The SMILES string of the molecule is Fc1cc(Cl)ccc1C1COc2cccc(C3=CCNCC3)c2O1. The van der Waals surface area contributed by atoms with Crippen LogP contribution >= 0.6 is 11.6 Å². The monoisotopic (exact) mass is 345 g/mol. The summed E-state index contributed by atoms with van der Waals surface area (Å²) in [5.74, 6) is 1.02. The molecule has 0 saturated carbocycles. The number of ether oxygens (including phenoxy) is 2. The number of para-hydroxylation sites is 1. The Balaban J connectivity index is 1.70. The Hall–Kier alpha value is -2.04. The predicted molar refractivity (Wildman–Crippen MR) is 92.2 cm³/mol. The maximum Gasteiger partial charge on any atom is 0.169 e. The Morgan fingerprint density at radius 3 is 2.92 bits per heavy atom. The van der Waals surface area contributed by atoms with E-state index in [0.29, 0.717) is 22.1 Å². The van der Waals surface area contributed by atoms with Gasteiger partial charge in [0.25, 0.3) is 0 Å². The molecule has 1 atom stereocenters. The van der Waals surface area contributed by atoms with E-state index in [1.165, 1.54) is 11.6 Å². The summed E-state index contributed by atoms with van der Waals surface area (Å²) in [5.41, 5.74) is 2.71. The molecule has 2 aliphatic heterocycles. The van der Waals surface area contributed by atoms with Crippen LogP contribution in [-0.4, -0.2) is 19.7 Å². The van der Waals surface area contributed by atoms with Crippen molar-refractivity contribution in [3.8, 4) is 11.5 Å². The van der Waals surface area contributed by atoms with Crippen molar-refractivity contribution in [3.63, 3.8) is 0 Å². The minimum absolute atomic E-state index is 0.273. The van der Waals surface area contributed by atoms with Crippen molar-refractivity contribution < 1.29 is 13.9 Å². The molecule has 5 heteroatoms. The summed E-state index contributed by atoms with van der Waals surface area (Å²) in [6.45, 7) is 2.05. The fourth-order valence-electron chi connectivity index (χ4n) is 3.13. The quantitative estimate of drug-likeness (QED) is 0.876. The van der Waals surface area contributed by atoms with E-state index in [9.17, 15) is 4.39 Å². The Bertz CT molecular complexity index is 806. The van der Waals surface area contributed by atoms with Gasteiger partial charge in [-0.1, -0.05) is 35.9 Å². The van der Waals surface area contributed by atoms with Gasteiger partial charge in [0.15, 0.2) is 17.6 Å². The molecule has 0 aromatic heterocycles. The molecule has 4 rings (SSSR count). The van der Waals surface area contributed by atoms with E-state index in [1.54, 1.807) is 12.1 Å². The van der Waals surface area contributed by atoms with Crippen LogP contribution in [0.5, 0.6) is 11.5 Å². The normalized spacial score (nSPS) is 19.8. The molecule has 2 aromatic rings. The third-order valence-corrected chi connectivity index (χ3v) is 4.58. The second kappa shape index (κ2) is 6.46. The van der Waals surface area contributed by atoms with Crippen molar-refractivity contribution in [2.75, 3.05) is 19.7 Å². The molecule has 0 saturated heterocycles. The first-order chi connectivity index (χ1) is 11.7. The zero-order chi connectivity index (χ0) is 16.5. The highest BCUT2D eigenvalue weighted by Crippen LogP contribution is 2.43. The summed E-state index contributed by atoms with van der Waals surface area (Å²) in [5, 5.41) is 3.67. The summed E-state index contributed by atoms with van der Waals surface area (Å²) in [4.78, 5) is 0. The van der Waals surface area contributed by atoms with E-state index in [2.05, 4.69) is 11.4 Å². The highest BCUT2D eigenvalue weighted by atomic mass is 35.5. The number of halogens is 2. The van der Waals surface area contributed by atoms with Crippen LogP contribution in [0.1, 0.15) is 23.7 Å². The fraction of sp³-hybridized carbons (Fsp3) is 0.263. The van der Waals surface area contributed by atoms with Gasteiger partial charge >= 0.3 is 0 Å². The smallest absolute Gasteiger partial charge is 0.169 e. The standard InChI is InChI=1S/C19H17ClFNO2/c20-13-4-5-15(16(21)10-13)18-11-23-17-3-1-2-14(19(17)24-18)12-6-8-22-9-7-12/h1-6,10,18,22H,7-9,11H2. The number of hydrogen-bond acceptors (Lipinski definition) is 3. The first-order valence-corrected chi connectivity index (χ1v) is 8.38. The molecule has 0 aliphatic carbocycles. The average Bonchev–Trinajstić information content (AvgIpc) is 2.61. The summed E-state index contributed by atoms with van der Waals surface area (Å²) in [6.07, 6.45) is 2.60. The lowest BCUT2D eigenvalue weighted by Crippen LogP contribution is -2.24. The molecule has 124 valence electrons. The molecule has 2 aromatic carbocycles. The Kier molecular flexibility index (Phi) is 4.17. The van der Waals surface area contributed by atoms with Gasteiger partial charge in [-0.3, -0.25) is 0 Å². The Morgan fingerprint density at radius 2 is 2.12 bits per heavy atom. The van der Waals surface area contributed by atoms with Gasteiger partial charge in [0.1, 0.15) is 12.4 Å².